The van der Waals surface area contributed by atoms with Crippen molar-refractivity contribution in [3.63, 3.8) is 0 Å². The molecule has 0 radical (unpaired) electrons. The van der Waals surface area contributed by atoms with Gasteiger partial charge in [-0.1, -0.05) is 84.9 Å². The number of carbonyl (C=O) groups excluding carboxylic acids is 1. The SMILES string of the molecule is O=C(NCc1ccc([C@@H]2O[C@H](CSc3ccccc3)C[C@H](c3ccc(CO)cc3)O2)cc1)c1ccccc1. The number of carbonyl (C=O) groups is 1. The average Bonchev–Trinajstić information content (AvgIpc) is 3.00. The Balaban J connectivity index is 1.27. The number of amides is 1. The van der Waals surface area contributed by atoms with E-state index in [1.165, 1.54) is 4.90 Å². The lowest BCUT2D eigenvalue weighted by Gasteiger charge is -2.36. The van der Waals surface area contributed by atoms with Crippen LogP contribution >= 0.6 is 11.8 Å². The second-order valence-corrected chi connectivity index (χ2v) is 10.4. The minimum absolute atomic E-state index is 0.00584. The molecule has 0 aromatic heterocycles. The highest BCUT2D eigenvalue weighted by Gasteiger charge is 2.32. The summed E-state index contributed by atoms with van der Waals surface area (Å²) < 4.78 is 12.9. The molecule has 1 saturated heterocycles. The van der Waals surface area contributed by atoms with Gasteiger partial charge in [0.15, 0.2) is 6.29 Å². The fourth-order valence-electron chi connectivity index (χ4n) is 4.40. The van der Waals surface area contributed by atoms with Crippen LogP contribution in [0.1, 0.15) is 51.4 Å². The van der Waals surface area contributed by atoms with E-state index in [0.29, 0.717) is 12.1 Å². The topological polar surface area (TPSA) is 67.8 Å². The van der Waals surface area contributed by atoms with E-state index in [1.807, 2.05) is 84.9 Å². The van der Waals surface area contributed by atoms with Crippen molar-refractivity contribution in [1.82, 2.24) is 5.32 Å². The van der Waals surface area contributed by atoms with Gasteiger partial charge in [-0.15, -0.1) is 11.8 Å². The van der Waals surface area contributed by atoms with Gasteiger partial charge in [-0.2, -0.15) is 0 Å². The summed E-state index contributed by atoms with van der Waals surface area (Å²) in [6.07, 6.45) is 0.137. The summed E-state index contributed by atoms with van der Waals surface area (Å²) in [5.41, 5.74) is 4.54. The molecule has 2 N–H and O–H groups in total. The van der Waals surface area contributed by atoms with E-state index >= 15 is 0 Å². The highest BCUT2D eigenvalue weighted by atomic mass is 32.2. The van der Waals surface area contributed by atoms with E-state index < -0.39 is 6.29 Å². The maximum atomic E-state index is 12.4. The molecular formula is C32H31NO4S. The summed E-state index contributed by atoms with van der Waals surface area (Å²) in [7, 11) is 0. The number of benzene rings is 4. The van der Waals surface area contributed by atoms with Crippen LogP contribution in [0.25, 0.3) is 0 Å². The molecule has 4 aromatic rings. The first-order valence-corrected chi connectivity index (χ1v) is 13.8. The van der Waals surface area contributed by atoms with Gasteiger partial charge in [-0.3, -0.25) is 4.79 Å². The third-order valence-corrected chi connectivity index (χ3v) is 7.68. The lowest BCUT2D eigenvalue weighted by atomic mass is 10.0. The predicted octanol–water partition coefficient (Wildman–Crippen LogP) is 6.45. The molecule has 1 aliphatic rings. The quantitative estimate of drug-likeness (QED) is 0.246. The van der Waals surface area contributed by atoms with Crippen molar-refractivity contribution in [3.8, 4) is 0 Å². The molecule has 1 heterocycles. The maximum Gasteiger partial charge on any atom is 0.251 e. The summed E-state index contributed by atoms with van der Waals surface area (Å²) in [4.78, 5) is 13.6. The molecule has 38 heavy (non-hydrogen) atoms. The number of rotatable bonds is 9. The van der Waals surface area contributed by atoms with Crippen LogP contribution in [0.5, 0.6) is 0 Å². The number of aliphatic hydroxyl groups excluding tert-OH is 1. The van der Waals surface area contributed by atoms with Crippen LogP contribution in [-0.4, -0.2) is 22.9 Å². The molecule has 1 aliphatic heterocycles. The van der Waals surface area contributed by atoms with Gasteiger partial charge in [0, 0.05) is 34.7 Å². The van der Waals surface area contributed by atoms with Gasteiger partial charge in [0.1, 0.15) is 0 Å². The van der Waals surface area contributed by atoms with Gasteiger partial charge in [0.25, 0.3) is 5.91 Å². The highest BCUT2D eigenvalue weighted by molar-refractivity contribution is 7.99. The third-order valence-electron chi connectivity index (χ3n) is 6.53. The molecular weight excluding hydrogens is 494 g/mol. The number of hydrogen-bond donors (Lipinski definition) is 2. The standard InChI is InChI=1S/C32H31NO4S/c34-21-24-13-15-25(16-14-24)30-19-28(22-38-29-9-5-2-6-10-29)36-32(37-30)27-17-11-23(12-18-27)20-33-31(35)26-7-3-1-4-8-26/h1-18,28,30,32,34H,19-22H2,(H,33,35)/t28-,30+,32+/m0/s1. The zero-order chi connectivity index (χ0) is 26.2. The second-order valence-electron chi connectivity index (χ2n) is 9.26. The summed E-state index contributed by atoms with van der Waals surface area (Å²) in [6.45, 7) is 0.461. The van der Waals surface area contributed by atoms with E-state index in [0.717, 1.165) is 34.4 Å². The first kappa shape index (κ1) is 26.2. The van der Waals surface area contributed by atoms with Gasteiger partial charge >= 0.3 is 0 Å². The molecule has 4 aromatic carbocycles. The minimum Gasteiger partial charge on any atom is -0.392 e. The number of hydrogen-bond acceptors (Lipinski definition) is 5. The monoisotopic (exact) mass is 525 g/mol. The Morgan fingerprint density at radius 3 is 2.11 bits per heavy atom. The zero-order valence-electron chi connectivity index (χ0n) is 21.0. The summed E-state index contributed by atoms with van der Waals surface area (Å²) >= 11 is 1.78. The van der Waals surface area contributed by atoms with Crippen LogP contribution in [-0.2, 0) is 22.6 Å². The summed E-state index contributed by atoms with van der Waals surface area (Å²) in [5.74, 6) is 0.723. The molecule has 1 amide bonds. The molecule has 0 aliphatic carbocycles. The number of ether oxygens (including phenoxy) is 2. The van der Waals surface area contributed by atoms with Crippen molar-refractivity contribution in [2.45, 2.75) is 43.0 Å². The lowest BCUT2D eigenvalue weighted by Crippen LogP contribution is -2.31. The molecule has 1 fully saturated rings. The molecule has 3 atom stereocenters. The van der Waals surface area contributed by atoms with Crippen molar-refractivity contribution in [3.05, 3.63) is 137 Å². The first-order valence-electron chi connectivity index (χ1n) is 12.8. The Morgan fingerprint density at radius 2 is 1.42 bits per heavy atom. The largest absolute Gasteiger partial charge is 0.392 e. The number of nitrogens with one attached hydrogen (secondary N) is 1. The van der Waals surface area contributed by atoms with E-state index in [2.05, 4.69) is 17.4 Å². The van der Waals surface area contributed by atoms with Gasteiger partial charge in [0.2, 0.25) is 0 Å². The Bertz CT molecular complexity index is 1300. The number of thioether (sulfide) groups is 1. The normalized spacial score (nSPS) is 19.1. The minimum atomic E-state index is -0.499. The maximum absolute atomic E-state index is 12.4. The van der Waals surface area contributed by atoms with Crippen molar-refractivity contribution in [2.75, 3.05) is 5.75 Å². The summed E-state index contributed by atoms with van der Waals surface area (Å²) in [5, 5.41) is 12.4. The van der Waals surface area contributed by atoms with Crippen molar-refractivity contribution in [2.24, 2.45) is 0 Å². The molecule has 0 saturated carbocycles. The highest BCUT2D eigenvalue weighted by Crippen LogP contribution is 2.39. The van der Waals surface area contributed by atoms with Crippen molar-refractivity contribution >= 4 is 17.7 Å². The smallest absolute Gasteiger partial charge is 0.251 e. The molecule has 6 heteroatoms. The van der Waals surface area contributed by atoms with Crippen LogP contribution in [0.3, 0.4) is 0 Å². The van der Waals surface area contributed by atoms with E-state index in [-0.39, 0.29) is 24.7 Å². The zero-order valence-corrected chi connectivity index (χ0v) is 21.8. The van der Waals surface area contributed by atoms with Gasteiger partial charge < -0.3 is 19.9 Å². The van der Waals surface area contributed by atoms with Crippen LogP contribution in [0.15, 0.2) is 114 Å². The first-order chi connectivity index (χ1) is 18.7. The Labute approximate surface area is 227 Å². The predicted molar refractivity (Wildman–Crippen MR) is 150 cm³/mol. The van der Waals surface area contributed by atoms with Crippen LogP contribution < -0.4 is 5.32 Å². The molecule has 0 spiro atoms. The fraction of sp³-hybridized carbons (Fsp3) is 0.219. The third kappa shape index (κ3) is 6.91. The molecule has 5 rings (SSSR count). The van der Waals surface area contributed by atoms with Crippen molar-refractivity contribution in [1.29, 1.82) is 0 Å². The average molecular weight is 526 g/mol. The van der Waals surface area contributed by atoms with E-state index in [9.17, 15) is 9.90 Å². The van der Waals surface area contributed by atoms with Gasteiger partial charge in [-0.05, 0) is 41.0 Å². The van der Waals surface area contributed by atoms with Crippen LogP contribution in [0.4, 0.5) is 0 Å². The fourth-order valence-corrected chi connectivity index (χ4v) is 5.34. The van der Waals surface area contributed by atoms with Crippen LogP contribution in [0, 0.1) is 0 Å². The second kappa shape index (κ2) is 12.9. The molecule has 0 unspecified atom stereocenters. The molecule has 5 nitrogen and oxygen atoms in total. The Morgan fingerprint density at radius 1 is 0.789 bits per heavy atom. The van der Waals surface area contributed by atoms with E-state index in [4.69, 9.17) is 9.47 Å². The van der Waals surface area contributed by atoms with Gasteiger partial charge in [-0.25, -0.2) is 0 Å². The van der Waals surface area contributed by atoms with Gasteiger partial charge in [0.05, 0.1) is 18.8 Å². The molecule has 194 valence electrons. The molecule has 0 bridgehead atoms. The van der Waals surface area contributed by atoms with Crippen LogP contribution in [0.2, 0.25) is 0 Å². The Hall–Kier alpha value is -3.42. The number of aliphatic hydroxyl groups is 1. The summed E-state index contributed by atoms with van der Waals surface area (Å²) in [6, 6.07) is 35.5. The Kier molecular flexibility index (Phi) is 8.89. The lowest BCUT2D eigenvalue weighted by molar-refractivity contribution is -0.245. The van der Waals surface area contributed by atoms with E-state index in [1.54, 1.807) is 23.9 Å². The van der Waals surface area contributed by atoms with Crippen molar-refractivity contribution < 1.29 is 19.4 Å².